The van der Waals surface area contributed by atoms with E-state index in [0.29, 0.717) is 16.7 Å². The number of halogens is 1. The molecule has 0 fully saturated rings. The molecule has 102 valence electrons. The van der Waals surface area contributed by atoms with Crippen LogP contribution in [-0.4, -0.2) is 22.4 Å². The number of anilines is 1. The molecular formula is C12H21BrN4O. The summed E-state index contributed by atoms with van der Waals surface area (Å²) in [6, 6.07) is 0.214. The average Bonchev–Trinajstić information content (AvgIpc) is 2.33. The second-order valence-electron chi connectivity index (χ2n) is 4.58. The zero-order chi connectivity index (χ0) is 13.7. The van der Waals surface area contributed by atoms with E-state index >= 15 is 0 Å². The lowest BCUT2D eigenvalue weighted by atomic mass is 10.1. The van der Waals surface area contributed by atoms with Gasteiger partial charge in [0.05, 0.1) is 17.9 Å². The third-order valence-electron chi connectivity index (χ3n) is 2.71. The van der Waals surface area contributed by atoms with Crippen LogP contribution in [0.15, 0.2) is 15.5 Å². The van der Waals surface area contributed by atoms with E-state index in [1.165, 1.54) is 4.68 Å². The summed E-state index contributed by atoms with van der Waals surface area (Å²) in [7, 11) is 0. The molecule has 0 saturated carbocycles. The first-order valence-electron chi connectivity index (χ1n) is 6.25. The Morgan fingerprint density at radius 3 is 2.72 bits per heavy atom. The lowest BCUT2D eigenvalue weighted by molar-refractivity contribution is 0.500. The number of nitrogens with zero attached hydrogens (tertiary/aromatic N) is 2. The number of rotatable bonds is 6. The summed E-state index contributed by atoms with van der Waals surface area (Å²) in [6.45, 7) is 6.49. The molecule has 1 rings (SSSR count). The second kappa shape index (κ2) is 6.89. The lowest BCUT2D eigenvalue weighted by Gasteiger charge is -2.19. The van der Waals surface area contributed by atoms with Crippen LogP contribution in [-0.2, 0) is 0 Å². The Morgan fingerprint density at radius 2 is 2.22 bits per heavy atom. The van der Waals surface area contributed by atoms with Gasteiger partial charge in [-0.3, -0.25) is 4.79 Å². The highest BCUT2D eigenvalue weighted by atomic mass is 79.9. The van der Waals surface area contributed by atoms with E-state index in [0.717, 1.165) is 12.8 Å². The first-order chi connectivity index (χ1) is 8.51. The molecule has 3 N–H and O–H groups in total. The fraction of sp³-hybridized carbons (Fsp3) is 0.667. The number of nitrogens with one attached hydrogen (secondary N) is 1. The van der Waals surface area contributed by atoms with E-state index in [9.17, 15) is 4.79 Å². The van der Waals surface area contributed by atoms with E-state index in [1.807, 2.05) is 13.8 Å². The summed E-state index contributed by atoms with van der Waals surface area (Å²) in [5.41, 5.74) is 6.28. The molecule has 6 heteroatoms. The first-order valence-corrected chi connectivity index (χ1v) is 7.04. The molecule has 1 unspecified atom stereocenters. The minimum atomic E-state index is -0.123. The van der Waals surface area contributed by atoms with Crippen molar-refractivity contribution in [3.05, 3.63) is 21.0 Å². The summed E-state index contributed by atoms with van der Waals surface area (Å²) in [5, 5.41) is 7.41. The SMILES string of the molecule is CCCC(CN)Nc1cnn(C(C)C)c(=O)c1Br. The van der Waals surface area contributed by atoms with E-state index in [-0.39, 0.29) is 17.6 Å². The predicted octanol–water partition coefficient (Wildman–Crippen LogP) is 2.13. The van der Waals surface area contributed by atoms with Crippen molar-refractivity contribution in [2.45, 2.75) is 45.7 Å². The maximum Gasteiger partial charge on any atom is 0.283 e. The van der Waals surface area contributed by atoms with Gasteiger partial charge in [-0.1, -0.05) is 13.3 Å². The Labute approximate surface area is 116 Å². The minimum absolute atomic E-state index is 0.0452. The number of aromatic nitrogens is 2. The predicted molar refractivity (Wildman–Crippen MR) is 78.0 cm³/mol. The topological polar surface area (TPSA) is 72.9 Å². The summed E-state index contributed by atoms with van der Waals surface area (Å²) >= 11 is 3.33. The normalized spacial score (nSPS) is 12.8. The smallest absolute Gasteiger partial charge is 0.283 e. The molecule has 0 aromatic carbocycles. The van der Waals surface area contributed by atoms with Gasteiger partial charge in [-0.2, -0.15) is 5.10 Å². The minimum Gasteiger partial charge on any atom is -0.379 e. The van der Waals surface area contributed by atoms with Crippen LogP contribution in [0.3, 0.4) is 0 Å². The summed E-state index contributed by atoms with van der Waals surface area (Å²) in [5.74, 6) is 0. The zero-order valence-electron chi connectivity index (χ0n) is 11.1. The summed E-state index contributed by atoms with van der Waals surface area (Å²) in [6.07, 6.45) is 3.68. The average molecular weight is 317 g/mol. The maximum absolute atomic E-state index is 12.0. The molecule has 0 aliphatic carbocycles. The van der Waals surface area contributed by atoms with Gasteiger partial charge in [0, 0.05) is 12.6 Å². The van der Waals surface area contributed by atoms with Gasteiger partial charge in [-0.05, 0) is 36.2 Å². The Balaban J connectivity index is 2.98. The van der Waals surface area contributed by atoms with Crippen molar-refractivity contribution in [3.8, 4) is 0 Å². The first kappa shape index (κ1) is 15.2. The lowest BCUT2D eigenvalue weighted by Crippen LogP contribution is -2.31. The zero-order valence-corrected chi connectivity index (χ0v) is 12.7. The van der Waals surface area contributed by atoms with Crippen LogP contribution >= 0.6 is 15.9 Å². The van der Waals surface area contributed by atoms with Crippen LogP contribution in [0.5, 0.6) is 0 Å². The van der Waals surface area contributed by atoms with Gasteiger partial charge < -0.3 is 11.1 Å². The number of hydrogen-bond donors (Lipinski definition) is 2. The van der Waals surface area contributed by atoms with Crippen LogP contribution in [0.25, 0.3) is 0 Å². The standard InChI is InChI=1S/C12H21BrN4O/c1-4-5-9(6-14)16-10-7-15-17(8(2)3)12(18)11(10)13/h7-9,16H,4-6,14H2,1-3H3. The van der Waals surface area contributed by atoms with Crippen molar-refractivity contribution in [1.82, 2.24) is 9.78 Å². The van der Waals surface area contributed by atoms with Gasteiger partial charge in [-0.25, -0.2) is 4.68 Å². The third kappa shape index (κ3) is 3.55. The van der Waals surface area contributed by atoms with Crippen LogP contribution in [0.1, 0.15) is 39.7 Å². The quantitative estimate of drug-likeness (QED) is 0.843. The molecule has 0 aliphatic heterocycles. The Morgan fingerprint density at radius 1 is 1.56 bits per heavy atom. The van der Waals surface area contributed by atoms with Crippen LogP contribution in [0, 0.1) is 0 Å². The Bertz CT molecular complexity index is 444. The van der Waals surface area contributed by atoms with Crippen molar-refractivity contribution in [1.29, 1.82) is 0 Å². The van der Waals surface area contributed by atoms with Gasteiger partial charge >= 0.3 is 0 Å². The fourth-order valence-corrected chi connectivity index (χ4v) is 2.13. The third-order valence-corrected chi connectivity index (χ3v) is 3.48. The van der Waals surface area contributed by atoms with Gasteiger partial charge in [-0.15, -0.1) is 0 Å². The molecule has 18 heavy (non-hydrogen) atoms. The molecule has 0 radical (unpaired) electrons. The van der Waals surface area contributed by atoms with Gasteiger partial charge in [0.15, 0.2) is 0 Å². The van der Waals surface area contributed by atoms with Gasteiger partial charge in [0.25, 0.3) is 5.56 Å². The molecule has 0 amide bonds. The molecule has 5 nitrogen and oxygen atoms in total. The molecule has 1 atom stereocenters. The molecule has 0 spiro atoms. The van der Waals surface area contributed by atoms with Crippen molar-refractivity contribution >= 4 is 21.6 Å². The Hall–Kier alpha value is -0.880. The molecule has 0 saturated heterocycles. The van der Waals surface area contributed by atoms with Crippen molar-refractivity contribution in [3.63, 3.8) is 0 Å². The van der Waals surface area contributed by atoms with E-state index < -0.39 is 0 Å². The van der Waals surface area contributed by atoms with Crippen LogP contribution in [0.4, 0.5) is 5.69 Å². The van der Waals surface area contributed by atoms with Gasteiger partial charge in [0.2, 0.25) is 0 Å². The molecule has 1 heterocycles. The van der Waals surface area contributed by atoms with Crippen LogP contribution < -0.4 is 16.6 Å². The molecule has 0 aliphatic rings. The molecule has 0 bridgehead atoms. The maximum atomic E-state index is 12.0. The van der Waals surface area contributed by atoms with Crippen LogP contribution in [0.2, 0.25) is 0 Å². The number of nitrogens with two attached hydrogens (primary N) is 1. The van der Waals surface area contributed by atoms with E-state index in [4.69, 9.17) is 5.73 Å². The Kier molecular flexibility index (Phi) is 5.81. The van der Waals surface area contributed by atoms with E-state index in [1.54, 1.807) is 6.20 Å². The van der Waals surface area contributed by atoms with Crippen molar-refractivity contribution < 1.29 is 0 Å². The molecular weight excluding hydrogens is 296 g/mol. The highest BCUT2D eigenvalue weighted by molar-refractivity contribution is 9.10. The summed E-state index contributed by atoms with van der Waals surface area (Å²) in [4.78, 5) is 12.0. The van der Waals surface area contributed by atoms with E-state index in [2.05, 4.69) is 33.3 Å². The van der Waals surface area contributed by atoms with Crippen molar-refractivity contribution in [2.75, 3.05) is 11.9 Å². The molecule has 1 aromatic heterocycles. The number of hydrogen-bond acceptors (Lipinski definition) is 4. The second-order valence-corrected chi connectivity index (χ2v) is 5.37. The summed E-state index contributed by atoms with van der Waals surface area (Å²) < 4.78 is 1.97. The highest BCUT2D eigenvalue weighted by Crippen LogP contribution is 2.18. The molecule has 1 aromatic rings. The fourth-order valence-electron chi connectivity index (χ4n) is 1.73. The largest absolute Gasteiger partial charge is 0.379 e. The highest BCUT2D eigenvalue weighted by Gasteiger charge is 2.13. The monoisotopic (exact) mass is 316 g/mol. The van der Waals surface area contributed by atoms with Crippen molar-refractivity contribution in [2.24, 2.45) is 5.73 Å². The van der Waals surface area contributed by atoms with Gasteiger partial charge in [0.1, 0.15) is 4.47 Å².